The molecule has 0 amide bonds. The standard InChI is InChI=1S/C8H19O2PS2.Na/c1-7(2,3)12-11(9,10)13-8(4,5)6;/h1-6H3,(H,9,10);/q;+1/p-1. The van der Waals surface area contributed by atoms with Gasteiger partial charge >= 0.3 is 29.6 Å². The quantitative estimate of drug-likeness (QED) is 0.538. The molecule has 0 aromatic carbocycles. The van der Waals surface area contributed by atoms with Crippen LogP contribution in [0, 0.1) is 0 Å². The van der Waals surface area contributed by atoms with Gasteiger partial charge in [-0.05, 0) is 0 Å². The van der Waals surface area contributed by atoms with Crippen LogP contribution >= 0.6 is 28.5 Å². The molecule has 0 unspecified atom stereocenters. The Labute approximate surface area is 118 Å². The minimum absolute atomic E-state index is 0. The first-order valence-electron chi connectivity index (χ1n) is 4.14. The van der Waals surface area contributed by atoms with Crippen molar-refractivity contribution < 1.29 is 39.0 Å². The minimum atomic E-state index is -3.35. The first-order valence-corrected chi connectivity index (χ1v) is 8.61. The summed E-state index contributed by atoms with van der Waals surface area (Å²) in [5.41, 5.74) is 0. The van der Waals surface area contributed by atoms with Crippen LogP contribution in [0.25, 0.3) is 0 Å². The molecule has 80 valence electrons. The number of hydrogen-bond acceptors (Lipinski definition) is 4. The molecule has 0 fully saturated rings. The fourth-order valence-electron chi connectivity index (χ4n) is 0.689. The van der Waals surface area contributed by atoms with Gasteiger partial charge in [0.2, 0.25) is 0 Å². The first-order chi connectivity index (χ1) is 5.41. The summed E-state index contributed by atoms with van der Waals surface area (Å²) in [7, 11) is 0. The molecule has 0 radical (unpaired) electrons. The summed E-state index contributed by atoms with van der Waals surface area (Å²) in [5.74, 6) is -3.35. The van der Waals surface area contributed by atoms with E-state index in [0.29, 0.717) is 0 Å². The SMILES string of the molecule is CC(C)(C)SP(=O)([O-])SC(C)(C)C.[Na+]. The van der Waals surface area contributed by atoms with Crippen LogP contribution in [0.15, 0.2) is 0 Å². The van der Waals surface area contributed by atoms with E-state index in [-0.39, 0.29) is 39.1 Å². The monoisotopic (exact) mass is 264 g/mol. The normalized spacial score (nSPS) is 13.6. The molecule has 0 rings (SSSR count). The van der Waals surface area contributed by atoms with E-state index in [9.17, 15) is 9.46 Å². The molecule has 0 aromatic heterocycles. The second-order valence-electron chi connectivity index (χ2n) is 4.85. The van der Waals surface area contributed by atoms with Crippen LogP contribution in [0.5, 0.6) is 0 Å². The van der Waals surface area contributed by atoms with E-state index in [2.05, 4.69) is 0 Å². The summed E-state index contributed by atoms with van der Waals surface area (Å²) >= 11 is 2.10. The molecule has 0 saturated carbocycles. The second kappa shape index (κ2) is 6.00. The van der Waals surface area contributed by atoms with Crippen molar-refractivity contribution in [2.45, 2.75) is 51.0 Å². The van der Waals surface area contributed by atoms with Crippen LogP contribution in [0.2, 0.25) is 0 Å². The zero-order chi connectivity index (χ0) is 10.9. The molecule has 0 bridgehead atoms. The molecular weight excluding hydrogens is 246 g/mol. The largest absolute Gasteiger partial charge is 1.00 e. The van der Waals surface area contributed by atoms with Crippen LogP contribution in [-0.2, 0) is 4.57 Å². The zero-order valence-corrected chi connectivity index (χ0v) is 14.6. The topological polar surface area (TPSA) is 40.1 Å². The third-order valence-corrected chi connectivity index (χ3v) is 8.28. The molecule has 0 heterocycles. The van der Waals surface area contributed by atoms with Gasteiger partial charge in [0.05, 0.1) is 0 Å². The second-order valence-corrected chi connectivity index (χ2v) is 13.2. The van der Waals surface area contributed by atoms with Crippen LogP contribution < -0.4 is 34.5 Å². The first kappa shape index (κ1) is 18.3. The maximum Gasteiger partial charge on any atom is 1.00 e. The molecule has 0 aliphatic carbocycles. The van der Waals surface area contributed by atoms with Crippen molar-refractivity contribution in [1.82, 2.24) is 0 Å². The van der Waals surface area contributed by atoms with E-state index in [4.69, 9.17) is 0 Å². The van der Waals surface area contributed by atoms with Gasteiger partial charge < -0.3 is 9.46 Å². The molecule has 14 heavy (non-hydrogen) atoms. The van der Waals surface area contributed by atoms with E-state index in [1.165, 1.54) is 0 Å². The molecule has 0 aromatic rings. The molecule has 0 saturated heterocycles. The molecule has 0 aliphatic heterocycles. The molecule has 0 spiro atoms. The Balaban J connectivity index is 0. The predicted molar refractivity (Wildman–Crippen MR) is 62.3 cm³/mol. The summed E-state index contributed by atoms with van der Waals surface area (Å²) < 4.78 is 11.2. The Hall–Kier alpha value is 1.89. The van der Waals surface area contributed by atoms with Crippen LogP contribution in [0.3, 0.4) is 0 Å². The van der Waals surface area contributed by atoms with Crippen molar-refractivity contribution >= 4 is 28.5 Å². The molecule has 0 aliphatic rings. The van der Waals surface area contributed by atoms with Crippen LogP contribution in [0.4, 0.5) is 0 Å². The Morgan fingerprint density at radius 3 is 1.29 bits per heavy atom. The van der Waals surface area contributed by atoms with Gasteiger partial charge in [0.15, 0.2) is 0 Å². The third kappa shape index (κ3) is 12.0. The maximum atomic E-state index is 11.6. The summed E-state index contributed by atoms with van der Waals surface area (Å²) in [5, 5.41) is 0. The fraction of sp³-hybridized carbons (Fsp3) is 1.00. The van der Waals surface area contributed by atoms with E-state index in [1.807, 2.05) is 41.5 Å². The van der Waals surface area contributed by atoms with Crippen molar-refractivity contribution in [2.24, 2.45) is 0 Å². The summed E-state index contributed by atoms with van der Waals surface area (Å²) in [4.78, 5) is 11.6. The van der Waals surface area contributed by atoms with Gasteiger partial charge in [0, 0.05) is 9.49 Å². The molecule has 0 atom stereocenters. The van der Waals surface area contributed by atoms with Gasteiger partial charge in [0.1, 0.15) is 5.77 Å². The van der Waals surface area contributed by atoms with Gasteiger partial charge in [-0.15, -0.1) is 0 Å². The average molecular weight is 264 g/mol. The summed E-state index contributed by atoms with van der Waals surface area (Å²) in [6, 6.07) is 0. The predicted octanol–water partition coefficient (Wildman–Crippen LogP) is 0.522. The zero-order valence-electron chi connectivity index (χ0n) is 10.1. The summed E-state index contributed by atoms with van der Waals surface area (Å²) in [6.45, 7) is 11.4. The molecule has 0 N–H and O–H groups in total. The van der Waals surface area contributed by atoms with Crippen molar-refractivity contribution in [1.29, 1.82) is 0 Å². The number of rotatable bonds is 2. The van der Waals surface area contributed by atoms with Gasteiger partial charge in [-0.3, -0.25) is 0 Å². The maximum absolute atomic E-state index is 11.6. The van der Waals surface area contributed by atoms with Crippen LogP contribution in [-0.4, -0.2) is 9.49 Å². The van der Waals surface area contributed by atoms with Crippen LogP contribution in [0.1, 0.15) is 41.5 Å². The summed E-state index contributed by atoms with van der Waals surface area (Å²) in [6.07, 6.45) is 0. The molecule has 2 nitrogen and oxygen atoms in total. The van der Waals surface area contributed by atoms with E-state index in [0.717, 1.165) is 22.8 Å². The van der Waals surface area contributed by atoms with E-state index < -0.39 is 5.77 Å². The van der Waals surface area contributed by atoms with Crippen molar-refractivity contribution in [3.8, 4) is 0 Å². The van der Waals surface area contributed by atoms with Gasteiger partial charge in [-0.25, -0.2) is 0 Å². The minimum Gasteiger partial charge on any atom is -0.784 e. The Morgan fingerprint density at radius 1 is 0.929 bits per heavy atom. The van der Waals surface area contributed by atoms with Gasteiger partial charge in [0.25, 0.3) is 0 Å². The Kier molecular flexibility index (Phi) is 7.82. The van der Waals surface area contributed by atoms with E-state index >= 15 is 0 Å². The Bertz CT molecular complexity index is 200. The van der Waals surface area contributed by atoms with Crippen molar-refractivity contribution in [2.75, 3.05) is 0 Å². The molecular formula is C8H18NaO2PS2. The van der Waals surface area contributed by atoms with Crippen molar-refractivity contribution in [3.05, 3.63) is 0 Å². The number of hydrogen-bond donors (Lipinski definition) is 0. The average Bonchev–Trinajstić information content (AvgIpc) is 1.43. The van der Waals surface area contributed by atoms with Crippen molar-refractivity contribution in [3.63, 3.8) is 0 Å². The fourth-order valence-corrected chi connectivity index (χ4v) is 10.6. The van der Waals surface area contributed by atoms with E-state index in [1.54, 1.807) is 0 Å². The molecule has 6 heteroatoms. The van der Waals surface area contributed by atoms with Gasteiger partial charge in [-0.2, -0.15) is 0 Å². The van der Waals surface area contributed by atoms with Gasteiger partial charge in [-0.1, -0.05) is 64.3 Å². The third-order valence-electron chi connectivity index (χ3n) is 0.771. The Morgan fingerprint density at radius 2 is 1.14 bits per heavy atom. The smallest absolute Gasteiger partial charge is 0.784 e.